The zero-order chi connectivity index (χ0) is 21.5. The lowest BCUT2D eigenvalue weighted by Crippen LogP contribution is -2.43. The highest BCUT2D eigenvalue weighted by Gasteiger charge is 2.27. The van der Waals surface area contributed by atoms with Crippen LogP contribution in [0.4, 0.5) is 16.4 Å². The van der Waals surface area contributed by atoms with E-state index in [2.05, 4.69) is 38.2 Å². The Bertz CT molecular complexity index is 1120. The predicted octanol–water partition coefficient (Wildman–Crippen LogP) is 2.48. The molecule has 3 aromatic heterocycles. The van der Waals surface area contributed by atoms with E-state index in [4.69, 9.17) is 11.5 Å². The summed E-state index contributed by atoms with van der Waals surface area (Å²) in [7, 11) is 2.11. The van der Waals surface area contributed by atoms with E-state index in [1.165, 1.54) is 16.9 Å². The van der Waals surface area contributed by atoms with E-state index in [0.29, 0.717) is 27.7 Å². The molecule has 2 saturated heterocycles. The first-order chi connectivity index (χ1) is 15.0. The van der Waals surface area contributed by atoms with Crippen LogP contribution in [0.2, 0.25) is 0 Å². The highest BCUT2D eigenvalue weighted by molar-refractivity contribution is 7.23. The predicted molar refractivity (Wildman–Crippen MR) is 126 cm³/mol. The number of fused-ring (bicyclic) bond motifs is 1. The number of aromatic nitrogens is 2. The van der Waals surface area contributed by atoms with Crippen molar-refractivity contribution in [1.29, 1.82) is 0 Å². The summed E-state index contributed by atoms with van der Waals surface area (Å²) in [5.74, 6) is 0.235. The van der Waals surface area contributed by atoms with Gasteiger partial charge < -0.3 is 26.6 Å². The van der Waals surface area contributed by atoms with Crippen molar-refractivity contribution >= 4 is 43.8 Å². The topological polar surface area (TPSA) is 113 Å². The zero-order valence-corrected chi connectivity index (χ0v) is 18.4. The molecule has 3 aromatic rings. The lowest BCUT2D eigenvalue weighted by Gasteiger charge is -2.36. The molecule has 8 nitrogen and oxygen atoms in total. The molecular weight excluding hydrogens is 410 g/mol. The van der Waals surface area contributed by atoms with Crippen molar-refractivity contribution in [2.45, 2.75) is 24.8 Å². The first kappa shape index (κ1) is 20.2. The van der Waals surface area contributed by atoms with Gasteiger partial charge in [0.15, 0.2) is 0 Å². The van der Waals surface area contributed by atoms with Crippen LogP contribution < -0.4 is 21.7 Å². The molecule has 0 aliphatic carbocycles. The third-order valence-corrected chi connectivity index (χ3v) is 7.14. The Hall–Kier alpha value is -2.75. The van der Waals surface area contributed by atoms with Gasteiger partial charge in [-0.1, -0.05) is 0 Å². The number of likely N-dealkylation sites (tertiary alicyclic amines) is 1. The lowest BCUT2D eigenvalue weighted by molar-refractivity contribution is 0.102. The maximum absolute atomic E-state index is 13.2. The monoisotopic (exact) mass is 437 g/mol. The summed E-state index contributed by atoms with van der Waals surface area (Å²) >= 11 is 1.42. The first-order valence-corrected chi connectivity index (χ1v) is 11.4. The number of anilines is 3. The highest BCUT2D eigenvalue weighted by atomic mass is 32.1. The fraction of sp³-hybridized carbons (Fsp3) is 0.409. The molecule has 2 fully saturated rings. The third-order valence-electron chi connectivity index (χ3n) is 6.18. The van der Waals surface area contributed by atoms with Crippen LogP contribution in [-0.4, -0.2) is 60.0 Å². The Morgan fingerprint density at radius 1 is 1.29 bits per heavy atom. The summed E-state index contributed by atoms with van der Waals surface area (Å²) in [6.07, 6.45) is 7.35. The van der Waals surface area contributed by atoms with Gasteiger partial charge >= 0.3 is 0 Å². The van der Waals surface area contributed by atoms with E-state index in [1.54, 1.807) is 12.4 Å². The molecule has 1 atom stereocenters. The van der Waals surface area contributed by atoms with Gasteiger partial charge in [0.25, 0.3) is 5.91 Å². The van der Waals surface area contributed by atoms with Gasteiger partial charge in [-0.25, -0.2) is 0 Å². The van der Waals surface area contributed by atoms with Gasteiger partial charge in [-0.15, -0.1) is 11.3 Å². The van der Waals surface area contributed by atoms with Crippen LogP contribution in [0, 0.1) is 0 Å². The van der Waals surface area contributed by atoms with Crippen molar-refractivity contribution in [3.05, 3.63) is 41.9 Å². The average molecular weight is 438 g/mol. The quantitative estimate of drug-likeness (QED) is 0.575. The summed E-state index contributed by atoms with van der Waals surface area (Å²) in [6.45, 7) is 3.73. The number of nitrogen functional groups attached to an aromatic ring is 1. The second-order valence-electron chi connectivity index (χ2n) is 8.57. The minimum absolute atomic E-state index is 0.135. The molecule has 5 N–H and O–H groups in total. The Morgan fingerprint density at radius 3 is 2.90 bits per heavy atom. The number of amides is 1. The number of hydrogen-bond donors (Lipinski definition) is 3. The van der Waals surface area contributed by atoms with Crippen molar-refractivity contribution in [3.8, 4) is 0 Å². The molecule has 1 amide bonds. The fourth-order valence-corrected chi connectivity index (χ4v) is 5.51. The van der Waals surface area contributed by atoms with Crippen LogP contribution in [0.15, 0.2) is 30.7 Å². The van der Waals surface area contributed by atoms with Gasteiger partial charge in [0.1, 0.15) is 10.6 Å². The number of carbonyl (C=O) groups is 1. The number of nitrogens with one attached hydrogen (secondary N) is 1. The Kier molecular flexibility index (Phi) is 5.25. The van der Waals surface area contributed by atoms with Crippen molar-refractivity contribution < 1.29 is 4.79 Å². The van der Waals surface area contributed by atoms with Gasteiger partial charge in [0, 0.05) is 50.5 Å². The molecule has 0 radical (unpaired) electrons. The molecule has 0 bridgehead atoms. The molecule has 1 unspecified atom stereocenters. The summed E-state index contributed by atoms with van der Waals surface area (Å²) in [6, 6.07) is 4.18. The molecule has 5 rings (SSSR count). The summed E-state index contributed by atoms with van der Waals surface area (Å²) in [5, 5.41) is 3.50. The number of rotatable bonds is 4. The number of likely N-dealkylation sites (N-methyl/N-ethyl adjacent to an activating group) is 1. The van der Waals surface area contributed by atoms with Crippen LogP contribution >= 0.6 is 11.3 Å². The second-order valence-corrected chi connectivity index (χ2v) is 9.65. The van der Waals surface area contributed by atoms with E-state index < -0.39 is 0 Å². The van der Waals surface area contributed by atoms with Crippen LogP contribution in [-0.2, 0) is 0 Å². The molecule has 5 heterocycles. The van der Waals surface area contributed by atoms with Crippen molar-refractivity contribution in [2.24, 2.45) is 5.73 Å². The minimum Gasteiger partial charge on any atom is -0.390 e. The number of carbonyl (C=O) groups excluding carboxylic acids is 1. The maximum Gasteiger partial charge on any atom is 0.260 e. The molecule has 9 heteroatoms. The fourth-order valence-electron chi connectivity index (χ4n) is 4.54. The van der Waals surface area contributed by atoms with E-state index in [0.717, 1.165) is 49.4 Å². The van der Waals surface area contributed by atoms with E-state index in [1.807, 2.05) is 12.3 Å². The summed E-state index contributed by atoms with van der Waals surface area (Å²) in [4.78, 5) is 26.6. The summed E-state index contributed by atoms with van der Waals surface area (Å²) < 4.78 is 0.947. The highest BCUT2D eigenvalue weighted by Crippen LogP contribution is 2.36. The van der Waals surface area contributed by atoms with Crippen LogP contribution in [0.25, 0.3) is 10.2 Å². The zero-order valence-electron chi connectivity index (χ0n) is 17.5. The normalized spacial score (nSPS) is 20.1. The van der Waals surface area contributed by atoms with Gasteiger partial charge in [-0.05, 0) is 37.6 Å². The van der Waals surface area contributed by atoms with E-state index in [-0.39, 0.29) is 11.9 Å². The van der Waals surface area contributed by atoms with Crippen molar-refractivity contribution in [3.63, 3.8) is 0 Å². The molecule has 0 aromatic carbocycles. The maximum atomic E-state index is 13.2. The van der Waals surface area contributed by atoms with E-state index >= 15 is 0 Å². The smallest absolute Gasteiger partial charge is 0.260 e. The molecule has 162 valence electrons. The number of nitrogens with zero attached hydrogens (tertiary/aromatic N) is 4. The molecule has 0 spiro atoms. The molecular formula is C22H27N7OS. The van der Waals surface area contributed by atoms with Crippen molar-refractivity contribution in [1.82, 2.24) is 14.9 Å². The van der Waals surface area contributed by atoms with Gasteiger partial charge in [0.05, 0.1) is 27.8 Å². The molecule has 31 heavy (non-hydrogen) atoms. The van der Waals surface area contributed by atoms with Crippen LogP contribution in [0.1, 0.15) is 34.7 Å². The number of pyridine rings is 2. The number of piperidine rings is 1. The molecule has 0 saturated carbocycles. The minimum atomic E-state index is -0.261. The lowest BCUT2D eigenvalue weighted by atomic mass is 9.93. The Balaban J connectivity index is 1.42. The Labute approximate surface area is 185 Å². The van der Waals surface area contributed by atoms with Crippen LogP contribution in [0.5, 0.6) is 0 Å². The standard InChI is InChI=1S/C22H27N7OS/c1-28-10-14(11-28)13-7-18-20(26-8-13)19(21(24)31-18)22(30)27-16-9-25-5-4-17(16)29-6-2-3-15(23)12-29/h4-5,7-9,14-15H,2-3,6,10-12,23-24H2,1H3,(H,27,30). The Morgan fingerprint density at radius 2 is 2.13 bits per heavy atom. The third kappa shape index (κ3) is 3.84. The largest absolute Gasteiger partial charge is 0.390 e. The SMILES string of the molecule is CN1CC(c2cnc3c(C(=O)Nc4cnccc4N4CCCC(N)C4)c(N)sc3c2)C1. The number of thiophene rings is 1. The van der Waals surface area contributed by atoms with E-state index in [9.17, 15) is 4.79 Å². The van der Waals surface area contributed by atoms with Gasteiger partial charge in [-0.3, -0.25) is 14.8 Å². The van der Waals surface area contributed by atoms with Crippen LogP contribution in [0.3, 0.4) is 0 Å². The van der Waals surface area contributed by atoms with Gasteiger partial charge in [0.2, 0.25) is 0 Å². The van der Waals surface area contributed by atoms with Gasteiger partial charge in [-0.2, -0.15) is 0 Å². The number of nitrogens with two attached hydrogens (primary N) is 2. The molecule has 2 aliphatic heterocycles. The number of hydrogen-bond acceptors (Lipinski definition) is 8. The van der Waals surface area contributed by atoms with Crippen molar-refractivity contribution in [2.75, 3.05) is 49.2 Å². The second kappa shape index (κ2) is 8.07. The first-order valence-electron chi connectivity index (χ1n) is 10.6. The molecule has 2 aliphatic rings. The average Bonchev–Trinajstić information content (AvgIpc) is 3.06. The summed E-state index contributed by atoms with van der Waals surface area (Å²) in [5.41, 5.74) is 16.3.